The van der Waals surface area contributed by atoms with E-state index in [0.717, 1.165) is 18.1 Å². The normalized spacial score (nSPS) is 20.8. The molecule has 0 amide bonds. The van der Waals surface area contributed by atoms with Crippen molar-refractivity contribution in [1.29, 1.82) is 0 Å². The third kappa shape index (κ3) is 3.52. The van der Waals surface area contributed by atoms with Gasteiger partial charge in [-0.25, -0.2) is 0 Å². The average molecular weight is 264 g/mol. The van der Waals surface area contributed by atoms with Crippen LogP contribution in [-0.2, 0) is 6.42 Å². The summed E-state index contributed by atoms with van der Waals surface area (Å²) < 4.78 is 0. The lowest BCUT2D eigenvalue weighted by molar-refractivity contribution is 0.0535. The van der Waals surface area contributed by atoms with Crippen LogP contribution in [0.15, 0.2) is 29.2 Å². The molecule has 100 valence electrons. The van der Waals surface area contributed by atoms with Gasteiger partial charge in [-0.3, -0.25) is 0 Å². The highest BCUT2D eigenvalue weighted by atomic mass is 32.2. The van der Waals surface area contributed by atoms with E-state index in [1.165, 1.54) is 23.3 Å². The number of aliphatic hydroxyl groups excluding tert-OH is 1. The van der Waals surface area contributed by atoms with Crippen molar-refractivity contribution < 1.29 is 5.11 Å². The van der Waals surface area contributed by atoms with Crippen LogP contribution in [0.1, 0.15) is 45.6 Å². The Bertz CT molecular complexity index is 369. The molecule has 1 heterocycles. The molecule has 1 nitrogen and oxygen atoms in total. The fraction of sp³-hybridized carbons (Fsp3) is 0.625. The minimum Gasteiger partial charge on any atom is -0.393 e. The molecule has 2 rings (SSSR count). The lowest BCUT2D eigenvalue weighted by Crippen LogP contribution is -2.25. The number of hydrogen-bond acceptors (Lipinski definition) is 2. The molecular weight excluding hydrogens is 240 g/mol. The van der Waals surface area contributed by atoms with E-state index in [2.05, 4.69) is 45.0 Å². The summed E-state index contributed by atoms with van der Waals surface area (Å²) in [6, 6.07) is 8.72. The lowest BCUT2D eigenvalue weighted by Gasteiger charge is -2.26. The van der Waals surface area contributed by atoms with Crippen molar-refractivity contribution in [3.63, 3.8) is 0 Å². The van der Waals surface area contributed by atoms with Crippen molar-refractivity contribution in [3.8, 4) is 0 Å². The van der Waals surface area contributed by atoms with Gasteiger partial charge in [0.1, 0.15) is 0 Å². The second-order valence-corrected chi connectivity index (χ2v) is 7.71. The second kappa shape index (κ2) is 5.66. The molecule has 1 aromatic carbocycles. The van der Waals surface area contributed by atoms with E-state index < -0.39 is 0 Å². The Morgan fingerprint density at radius 2 is 2.06 bits per heavy atom. The van der Waals surface area contributed by atoms with Crippen LogP contribution in [0.5, 0.6) is 0 Å². The van der Waals surface area contributed by atoms with Crippen molar-refractivity contribution in [1.82, 2.24) is 0 Å². The summed E-state index contributed by atoms with van der Waals surface area (Å²) in [6.45, 7) is 6.33. The number of benzene rings is 1. The predicted octanol–water partition coefficient (Wildman–Crippen LogP) is 4.28. The van der Waals surface area contributed by atoms with E-state index in [4.69, 9.17) is 0 Å². The number of thioether (sulfide) groups is 1. The van der Waals surface area contributed by atoms with Gasteiger partial charge in [-0.2, -0.15) is 0 Å². The van der Waals surface area contributed by atoms with Gasteiger partial charge >= 0.3 is 0 Å². The van der Waals surface area contributed by atoms with Crippen molar-refractivity contribution in [2.45, 2.75) is 62.7 Å². The van der Waals surface area contributed by atoms with Crippen LogP contribution in [0.25, 0.3) is 0 Å². The van der Waals surface area contributed by atoms with Crippen LogP contribution in [0.4, 0.5) is 0 Å². The molecule has 0 saturated carbocycles. The first kappa shape index (κ1) is 14.0. The molecule has 0 radical (unpaired) electrons. The lowest BCUT2D eigenvalue weighted by atomic mass is 9.86. The van der Waals surface area contributed by atoms with Crippen molar-refractivity contribution in [2.75, 3.05) is 0 Å². The van der Waals surface area contributed by atoms with E-state index in [0.29, 0.717) is 0 Å². The molecule has 2 heteroatoms. The summed E-state index contributed by atoms with van der Waals surface area (Å²) in [5, 5.41) is 10.7. The number of rotatable bonds is 4. The van der Waals surface area contributed by atoms with Gasteiger partial charge < -0.3 is 5.11 Å². The summed E-state index contributed by atoms with van der Waals surface area (Å²) in [5.74, 6) is 0. The summed E-state index contributed by atoms with van der Waals surface area (Å²) in [6.07, 6.45) is 4.30. The molecule has 1 aliphatic heterocycles. The highest BCUT2D eigenvalue weighted by molar-refractivity contribution is 8.00. The predicted molar refractivity (Wildman–Crippen MR) is 79.1 cm³/mol. The number of aliphatic hydroxyl groups is 1. The molecule has 1 aromatic rings. The largest absolute Gasteiger partial charge is 0.393 e. The van der Waals surface area contributed by atoms with Gasteiger partial charge in [0.15, 0.2) is 0 Å². The van der Waals surface area contributed by atoms with Crippen LogP contribution in [0.2, 0.25) is 0 Å². The Labute approximate surface area is 115 Å². The molecule has 0 bridgehead atoms. The molecule has 18 heavy (non-hydrogen) atoms. The van der Waals surface area contributed by atoms with Crippen LogP contribution in [0.3, 0.4) is 0 Å². The first-order chi connectivity index (χ1) is 8.47. The third-order valence-corrected chi connectivity index (χ3v) is 5.11. The molecule has 1 aliphatic rings. The zero-order valence-electron chi connectivity index (χ0n) is 11.6. The van der Waals surface area contributed by atoms with Crippen LogP contribution in [0, 0.1) is 5.41 Å². The topological polar surface area (TPSA) is 20.2 Å². The zero-order chi connectivity index (χ0) is 13.2. The second-order valence-electron chi connectivity index (χ2n) is 6.36. The monoisotopic (exact) mass is 264 g/mol. The van der Waals surface area contributed by atoms with Crippen molar-refractivity contribution in [2.24, 2.45) is 5.41 Å². The zero-order valence-corrected chi connectivity index (χ0v) is 12.5. The van der Waals surface area contributed by atoms with E-state index in [-0.39, 0.29) is 11.5 Å². The first-order valence-corrected chi connectivity index (χ1v) is 7.77. The van der Waals surface area contributed by atoms with Gasteiger partial charge in [-0.15, -0.1) is 11.8 Å². The van der Waals surface area contributed by atoms with Crippen molar-refractivity contribution in [3.05, 3.63) is 29.8 Å². The smallest absolute Gasteiger partial charge is 0.0588 e. The summed E-state index contributed by atoms with van der Waals surface area (Å²) in [7, 11) is 0. The highest BCUT2D eigenvalue weighted by Crippen LogP contribution is 2.39. The summed E-state index contributed by atoms with van der Waals surface area (Å²) in [4.78, 5) is 1.46. The molecule has 0 spiro atoms. The van der Waals surface area contributed by atoms with Gasteiger partial charge in [0, 0.05) is 10.1 Å². The molecular formula is C16H24OS. The Hall–Kier alpha value is -0.470. The molecule has 0 fully saturated rings. The summed E-state index contributed by atoms with van der Waals surface area (Å²) >= 11 is 2.01. The van der Waals surface area contributed by atoms with E-state index in [1.807, 2.05) is 11.8 Å². The Balaban J connectivity index is 1.74. The van der Waals surface area contributed by atoms with Gasteiger partial charge in [-0.05, 0) is 42.7 Å². The van der Waals surface area contributed by atoms with Gasteiger partial charge in [0.25, 0.3) is 0 Å². The van der Waals surface area contributed by atoms with Gasteiger partial charge in [0.05, 0.1) is 6.10 Å². The Morgan fingerprint density at radius 3 is 2.72 bits per heavy atom. The molecule has 2 atom stereocenters. The molecule has 0 aliphatic carbocycles. The number of hydrogen-bond donors (Lipinski definition) is 1. The molecule has 1 N–H and O–H groups in total. The quantitative estimate of drug-likeness (QED) is 0.876. The minimum atomic E-state index is -0.175. The maximum absolute atomic E-state index is 10.0. The van der Waals surface area contributed by atoms with Crippen molar-refractivity contribution >= 4 is 11.8 Å². The van der Waals surface area contributed by atoms with E-state index in [9.17, 15) is 5.11 Å². The van der Waals surface area contributed by atoms with Crippen LogP contribution < -0.4 is 0 Å². The molecule has 0 aromatic heterocycles. The van der Waals surface area contributed by atoms with E-state index in [1.54, 1.807) is 0 Å². The highest BCUT2D eigenvalue weighted by Gasteiger charge is 2.24. The minimum absolute atomic E-state index is 0.0196. The number of fused-ring (bicyclic) bond motifs is 1. The average Bonchev–Trinajstić information content (AvgIpc) is 2.70. The van der Waals surface area contributed by atoms with Gasteiger partial charge in [0.2, 0.25) is 0 Å². The molecule has 2 unspecified atom stereocenters. The maximum atomic E-state index is 10.0. The molecule has 0 saturated heterocycles. The van der Waals surface area contributed by atoms with E-state index >= 15 is 0 Å². The van der Waals surface area contributed by atoms with Crippen LogP contribution in [-0.4, -0.2) is 16.5 Å². The first-order valence-electron chi connectivity index (χ1n) is 6.89. The fourth-order valence-electron chi connectivity index (χ4n) is 2.39. The van der Waals surface area contributed by atoms with Crippen LogP contribution >= 0.6 is 11.8 Å². The van der Waals surface area contributed by atoms with Gasteiger partial charge in [-0.1, -0.05) is 39.0 Å². The standard InChI is InChI=1S/C16H24OS/c1-16(2,3)15(17)10-6-8-13-11-12-7-4-5-9-14(12)18-13/h4-5,7,9,13,15,17H,6,8,10-11H2,1-3H3. The SMILES string of the molecule is CC(C)(C)C(O)CCCC1Cc2ccccc2S1. The maximum Gasteiger partial charge on any atom is 0.0588 e. The fourth-order valence-corrected chi connectivity index (χ4v) is 3.75. The Kier molecular flexibility index (Phi) is 4.39. The summed E-state index contributed by atoms with van der Waals surface area (Å²) in [5.41, 5.74) is 1.52. The third-order valence-electron chi connectivity index (χ3n) is 3.72. The Morgan fingerprint density at radius 1 is 1.33 bits per heavy atom.